The van der Waals surface area contributed by atoms with Crippen molar-refractivity contribution in [2.75, 3.05) is 5.32 Å². The van der Waals surface area contributed by atoms with Gasteiger partial charge < -0.3 is 10.1 Å². The molecule has 0 aliphatic heterocycles. The molecule has 1 aliphatic rings. The van der Waals surface area contributed by atoms with E-state index in [2.05, 4.69) is 10.4 Å². The van der Waals surface area contributed by atoms with Crippen molar-refractivity contribution in [1.29, 1.82) is 0 Å². The number of nitrogens with zero attached hydrogens (tertiary/aromatic N) is 2. The Morgan fingerprint density at radius 3 is 2.67 bits per heavy atom. The van der Waals surface area contributed by atoms with Crippen molar-refractivity contribution >= 4 is 11.6 Å². The first-order valence-corrected chi connectivity index (χ1v) is 9.95. The molecule has 154 valence electrons. The van der Waals surface area contributed by atoms with Crippen molar-refractivity contribution in [3.05, 3.63) is 82.0 Å². The lowest BCUT2D eigenvalue weighted by molar-refractivity contribution is 0.101. The maximum Gasteiger partial charge on any atom is 0.280 e. The van der Waals surface area contributed by atoms with Crippen LogP contribution in [0.3, 0.4) is 0 Å². The fraction of sp³-hybridized carbons (Fsp3) is 0.261. The highest BCUT2D eigenvalue weighted by molar-refractivity contribution is 6.02. The molecule has 1 aliphatic carbocycles. The van der Waals surface area contributed by atoms with Crippen LogP contribution in [0.4, 0.5) is 10.1 Å². The Morgan fingerprint density at radius 2 is 1.90 bits per heavy atom. The molecule has 1 saturated carbocycles. The second-order valence-electron chi connectivity index (χ2n) is 7.37. The van der Waals surface area contributed by atoms with Crippen LogP contribution in [0.1, 0.15) is 41.9 Å². The van der Waals surface area contributed by atoms with Gasteiger partial charge in [-0.2, -0.15) is 5.10 Å². The molecule has 30 heavy (non-hydrogen) atoms. The highest BCUT2D eigenvalue weighted by atomic mass is 19.1. The average molecular weight is 407 g/mol. The molecule has 6 nitrogen and oxygen atoms in total. The number of amides is 1. The van der Waals surface area contributed by atoms with E-state index in [1.165, 1.54) is 22.9 Å². The van der Waals surface area contributed by atoms with Gasteiger partial charge in [-0.05, 0) is 56.9 Å². The Balaban J connectivity index is 1.59. The number of carbonyl (C=O) groups excluding carboxylic acids is 1. The van der Waals surface area contributed by atoms with Crippen LogP contribution in [0.15, 0.2) is 59.4 Å². The molecule has 7 heteroatoms. The first kappa shape index (κ1) is 19.8. The number of aryl methyl sites for hydroxylation is 1. The molecule has 1 aromatic heterocycles. The number of hydrogen-bond donors (Lipinski definition) is 1. The van der Waals surface area contributed by atoms with E-state index in [1.54, 1.807) is 37.3 Å². The lowest BCUT2D eigenvalue weighted by Crippen LogP contribution is -2.27. The van der Waals surface area contributed by atoms with Crippen molar-refractivity contribution in [2.45, 2.75) is 38.7 Å². The van der Waals surface area contributed by atoms with Crippen LogP contribution in [0.2, 0.25) is 0 Å². The summed E-state index contributed by atoms with van der Waals surface area (Å²) in [6.07, 6.45) is 4.57. The second kappa shape index (κ2) is 8.49. The second-order valence-corrected chi connectivity index (χ2v) is 7.37. The zero-order valence-electron chi connectivity index (χ0n) is 16.6. The summed E-state index contributed by atoms with van der Waals surface area (Å²) in [5.74, 6) is -0.497. The molecule has 0 unspecified atom stereocenters. The molecule has 0 radical (unpaired) electrons. The molecule has 1 N–H and O–H groups in total. The molecular weight excluding hydrogens is 385 g/mol. The highest BCUT2D eigenvalue weighted by Crippen LogP contribution is 2.26. The van der Waals surface area contributed by atoms with Gasteiger partial charge in [0, 0.05) is 23.5 Å². The lowest BCUT2D eigenvalue weighted by atomic mass is 10.2. The van der Waals surface area contributed by atoms with E-state index in [0.717, 1.165) is 25.7 Å². The Labute approximate surface area is 173 Å². The molecule has 3 aromatic rings. The first-order valence-electron chi connectivity index (χ1n) is 9.95. The summed E-state index contributed by atoms with van der Waals surface area (Å²) in [7, 11) is 0. The van der Waals surface area contributed by atoms with E-state index in [0.29, 0.717) is 17.1 Å². The van der Waals surface area contributed by atoms with Crippen molar-refractivity contribution < 1.29 is 13.9 Å². The van der Waals surface area contributed by atoms with Crippen LogP contribution in [0.25, 0.3) is 5.69 Å². The topological polar surface area (TPSA) is 73.2 Å². The maximum absolute atomic E-state index is 14.2. The summed E-state index contributed by atoms with van der Waals surface area (Å²) in [5.41, 5.74) is 0.237. The van der Waals surface area contributed by atoms with Gasteiger partial charge in [0.15, 0.2) is 5.69 Å². The van der Waals surface area contributed by atoms with Crippen LogP contribution in [-0.2, 0) is 0 Å². The molecule has 1 heterocycles. The van der Waals surface area contributed by atoms with E-state index < -0.39 is 17.2 Å². The normalized spacial score (nSPS) is 13.9. The zero-order valence-corrected chi connectivity index (χ0v) is 16.6. The predicted octanol–water partition coefficient (Wildman–Crippen LogP) is 4.25. The number of hydrogen-bond acceptors (Lipinski definition) is 4. The van der Waals surface area contributed by atoms with Crippen molar-refractivity contribution in [3.63, 3.8) is 0 Å². The van der Waals surface area contributed by atoms with E-state index >= 15 is 0 Å². The molecule has 1 amide bonds. The number of halogens is 1. The van der Waals surface area contributed by atoms with Crippen molar-refractivity contribution in [1.82, 2.24) is 9.78 Å². The van der Waals surface area contributed by atoms with Gasteiger partial charge in [0.05, 0.1) is 6.10 Å². The lowest BCUT2D eigenvalue weighted by Gasteiger charge is -2.14. The van der Waals surface area contributed by atoms with Gasteiger partial charge in [-0.25, -0.2) is 9.07 Å². The summed E-state index contributed by atoms with van der Waals surface area (Å²) in [6.45, 7) is 1.63. The smallest absolute Gasteiger partial charge is 0.280 e. The molecule has 0 bridgehead atoms. The van der Waals surface area contributed by atoms with Gasteiger partial charge in [0.2, 0.25) is 5.43 Å². The summed E-state index contributed by atoms with van der Waals surface area (Å²) in [5, 5.41) is 6.81. The van der Waals surface area contributed by atoms with Crippen LogP contribution < -0.4 is 15.5 Å². The maximum atomic E-state index is 14.2. The van der Waals surface area contributed by atoms with Gasteiger partial charge in [-0.3, -0.25) is 9.59 Å². The molecule has 0 atom stereocenters. The minimum absolute atomic E-state index is 0.163. The fourth-order valence-electron chi connectivity index (χ4n) is 3.61. The summed E-state index contributed by atoms with van der Waals surface area (Å²) in [4.78, 5) is 25.1. The van der Waals surface area contributed by atoms with E-state index in [-0.39, 0.29) is 17.5 Å². The molecule has 1 fully saturated rings. The highest BCUT2D eigenvalue weighted by Gasteiger charge is 2.19. The summed E-state index contributed by atoms with van der Waals surface area (Å²) >= 11 is 0. The standard InChI is InChI=1S/C23H22FN3O3/c1-15-13-21(28)22(26-27(15)20-12-5-4-11-19(20)24)23(29)25-16-7-6-10-18(14-16)30-17-8-2-3-9-17/h4-7,10-14,17H,2-3,8-9H2,1H3,(H,25,29). The third kappa shape index (κ3) is 4.25. The minimum atomic E-state index is -0.664. The summed E-state index contributed by atoms with van der Waals surface area (Å²) < 4.78 is 21.4. The van der Waals surface area contributed by atoms with Gasteiger partial charge >= 0.3 is 0 Å². The van der Waals surface area contributed by atoms with Crippen LogP contribution >= 0.6 is 0 Å². The number of ether oxygens (including phenoxy) is 1. The number of para-hydroxylation sites is 1. The third-order valence-corrected chi connectivity index (χ3v) is 5.10. The quantitative estimate of drug-likeness (QED) is 0.686. The van der Waals surface area contributed by atoms with Crippen LogP contribution in [0.5, 0.6) is 5.75 Å². The van der Waals surface area contributed by atoms with Crippen molar-refractivity contribution in [2.24, 2.45) is 0 Å². The SMILES string of the molecule is Cc1cc(=O)c(C(=O)Nc2cccc(OC3CCCC3)c2)nn1-c1ccccc1F. The van der Waals surface area contributed by atoms with Gasteiger partial charge in [-0.15, -0.1) is 0 Å². The Morgan fingerprint density at radius 1 is 1.13 bits per heavy atom. The van der Waals surface area contributed by atoms with Gasteiger partial charge in [0.25, 0.3) is 5.91 Å². The van der Waals surface area contributed by atoms with E-state index in [4.69, 9.17) is 4.74 Å². The average Bonchev–Trinajstić information content (AvgIpc) is 3.22. The molecule has 4 rings (SSSR count). The van der Waals surface area contributed by atoms with Crippen LogP contribution in [0, 0.1) is 12.7 Å². The largest absolute Gasteiger partial charge is 0.490 e. The Kier molecular flexibility index (Phi) is 5.61. The minimum Gasteiger partial charge on any atom is -0.490 e. The number of benzene rings is 2. The molecule has 2 aromatic carbocycles. The number of nitrogens with one attached hydrogen (secondary N) is 1. The van der Waals surface area contributed by atoms with Crippen molar-refractivity contribution in [3.8, 4) is 11.4 Å². The number of anilines is 1. The van der Waals surface area contributed by atoms with E-state index in [1.807, 2.05) is 6.07 Å². The number of carbonyl (C=O) groups is 1. The van der Waals surface area contributed by atoms with Crippen LogP contribution in [-0.4, -0.2) is 21.8 Å². The van der Waals surface area contributed by atoms with E-state index in [9.17, 15) is 14.0 Å². The Hall–Kier alpha value is -3.48. The Bertz CT molecular complexity index is 1140. The molecule has 0 saturated heterocycles. The molecule has 0 spiro atoms. The predicted molar refractivity (Wildman–Crippen MR) is 112 cm³/mol. The number of rotatable bonds is 5. The first-order chi connectivity index (χ1) is 14.5. The zero-order chi connectivity index (χ0) is 21.1. The summed E-state index contributed by atoms with van der Waals surface area (Å²) in [6, 6.07) is 14.4. The molecular formula is C23H22FN3O3. The van der Waals surface area contributed by atoms with Gasteiger partial charge in [0.1, 0.15) is 17.3 Å². The number of aromatic nitrogens is 2. The monoisotopic (exact) mass is 407 g/mol. The van der Waals surface area contributed by atoms with Gasteiger partial charge in [-0.1, -0.05) is 18.2 Å². The fourth-order valence-corrected chi connectivity index (χ4v) is 3.61. The third-order valence-electron chi connectivity index (χ3n) is 5.10.